The fraction of sp³-hybridized carbons (Fsp3) is 0.286. The lowest BCUT2D eigenvalue weighted by Crippen LogP contribution is -2.12. The fourth-order valence-corrected chi connectivity index (χ4v) is 2.94. The van der Waals surface area contributed by atoms with Gasteiger partial charge >= 0.3 is 6.18 Å². The molecule has 0 spiro atoms. The Hall–Kier alpha value is -2.16. The zero-order valence-corrected chi connectivity index (χ0v) is 12.9. The third-order valence-electron chi connectivity index (χ3n) is 3.02. The topological polar surface area (TPSA) is 64.7 Å². The van der Waals surface area contributed by atoms with Crippen molar-refractivity contribution in [2.24, 2.45) is 0 Å². The number of para-hydroxylation sites is 1. The van der Waals surface area contributed by atoms with Crippen LogP contribution in [0.2, 0.25) is 0 Å². The van der Waals surface area contributed by atoms with E-state index in [-0.39, 0.29) is 15.8 Å². The predicted octanol–water partition coefficient (Wildman–Crippen LogP) is 4.19. The van der Waals surface area contributed by atoms with Crippen LogP contribution in [0, 0.1) is 6.92 Å². The van der Waals surface area contributed by atoms with Crippen LogP contribution in [0.4, 0.5) is 13.2 Å². The molecule has 9 heteroatoms. The molecular weight excluding hydrogens is 329 g/mol. The van der Waals surface area contributed by atoms with Crippen LogP contribution in [-0.2, 0) is 6.18 Å². The molecule has 1 atom stereocenters. The zero-order valence-electron chi connectivity index (χ0n) is 12.1. The van der Waals surface area contributed by atoms with Gasteiger partial charge in [0, 0.05) is 12.3 Å². The van der Waals surface area contributed by atoms with Crippen molar-refractivity contribution in [3.8, 4) is 0 Å². The first-order valence-corrected chi connectivity index (χ1v) is 7.53. The van der Waals surface area contributed by atoms with Gasteiger partial charge in [-0.2, -0.15) is 18.2 Å². The predicted molar refractivity (Wildman–Crippen MR) is 77.8 cm³/mol. The summed E-state index contributed by atoms with van der Waals surface area (Å²) in [5.41, 5.74) is 0.244. The number of aryl methyl sites for hydroxylation is 1. The van der Waals surface area contributed by atoms with Gasteiger partial charge in [0.2, 0.25) is 11.7 Å². The summed E-state index contributed by atoms with van der Waals surface area (Å²) in [5.74, 6) is -0.352. The number of fused-ring (bicyclic) bond motifs is 1. The average Bonchev–Trinajstić information content (AvgIpc) is 2.93. The number of halogens is 3. The van der Waals surface area contributed by atoms with E-state index in [0.717, 1.165) is 11.8 Å². The molecule has 1 aromatic carbocycles. The van der Waals surface area contributed by atoms with Crippen molar-refractivity contribution in [2.75, 3.05) is 0 Å². The molecule has 0 amide bonds. The van der Waals surface area contributed by atoms with Crippen LogP contribution in [0.25, 0.3) is 10.9 Å². The largest absolute Gasteiger partial charge is 0.451 e. The first kappa shape index (κ1) is 15.7. The molecule has 0 saturated heterocycles. The van der Waals surface area contributed by atoms with Crippen molar-refractivity contribution < 1.29 is 17.7 Å². The Labute approximate surface area is 133 Å². The minimum atomic E-state index is -4.61. The summed E-state index contributed by atoms with van der Waals surface area (Å²) in [6.07, 6.45) is -4.61. The lowest BCUT2D eigenvalue weighted by Gasteiger charge is -2.12. The summed E-state index contributed by atoms with van der Waals surface area (Å²) in [4.78, 5) is 11.4. The summed E-state index contributed by atoms with van der Waals surface area (Å²) >= 11 is 1.13. The molecular formula is C14H11F3N4OS. The summed E-state index contributed by atoms with van der Waals surface area (Å²) < 4.78 is 43.9. The van der Waals surface area contributed by atoms with Crippen LogP contribution in [0.15, 0.2) is 33.8 Å². The van der Waals surface area contributed by atoms with Gasteiger partial charge in [-0.05, 0) is 13.0 Å². The van der Waals surface area contributed by atoms with Crippen molar-refractivity contribution in [3.05, 3.63) is 41.8 Å². The van der Waals surface area contributed by atoms with E-state index in [0.29, 0.717) is 17.1 Å². The second kappa shape index (κ2) is 5.80. The molecule has 0 aliphatic carbocycles. The molecule has 3 aromatic rings. The maximum Gasteiger partial charge on any atom is 0.451 e. The number of alkyl halides is 3. The van der Waals surface area contributed by atoms with Crippen LogP contribution < -0.4 is 0 Å². The van der Waals surface area contributed by atoms with Gasteiger partial charge in [-0.1, -0.05) is 35.1 Å². The van der Waals surface area contributed by atoms with E-state index < -0.39 is 12.0 Å². The van der Waals surface area contributed by atoms with Gasteiger partial charge in [0.15, 0.2) is 5.82 Å². The van der Waals surface area contributed by atoms with E-state index in [9.17, 15) is 13.2 Å². The number of hydrogen-bond acceptors (Lipinski definition) is 6. The maximum atomic E-state index is 13.0. The number of rotatable bonds is 3. The molecule has 120 valence electrons. The number of aromatic nitrogens is 4. The molecule has 1 unspecified atom stereocenters. The summed E-state index contributed by atoms with van der Waals surface area (Å²) in [7, 11) is 0. The average molecular weight is 340 g/mol. The van der Waals surface area contributed by atoms with E-state index in [1.165, 1.54) is 6.07 Å². The van der Waals surface area contributed by atoms with Gasteiger partial charge in [0.25, 0.3) is 0 Å². The molecule has 0 fully saturated rings. The summed E-state index contributed by atoms with van der Waals surface area (Å²) in [6, 6.07) is 6.58. The maximum absolute atomic E-state index is 13.0. The number of thioether (sulfide) groups is 1. The van der Waals surface area contributed by atoms with E-state index in [1.807, 2.05) is 0 Å². The standard InChI is InChI=1S/C14H11F3N4OS/c1-7(11-18-8(2)22-21-11)23-12-9-5-3-4-6-10(9)19-13(20-12)14(15,16)17/h3-7H,1-2H3. The van der Waals surface area contributed by atoms with E-state index >= 15 is 0 Å². The Bertz CT molecular complexity index is 849. The SMILES string of the molecule is Cc1nc(C(C)Sc2nc(C(F)(F)F)nc3ccccc23)no1. The Morgan fingerprint density at radius 2 is 1.87 bits per heavy atom. The minimum Gasteiger partial charge on any atom is -0.340 e. The smallest absolute Gasteiger partial charge is 0.340 e. The molecule has 0 radical (unpaired) electrons. The van der Waals surface area contributed by atoms with Crippen LogP contribution in [0.5, 0.6) is 0 Å². The van der Waals surface area contributed by atoms with Gasteiger partial charge < -0.3 is 4.52 Å². The summed E-state index contributed by atoms with van der Waals surface area (Å²) in [5, 5.41) is 4.26. The first-order valence-electron chi connectivity index (χ1n) is 6.65. The van der Waals surface area contributed by atoms with Gasteiger partial charge in [-0.3, -0.25) is 0 Å². The molecule has 0 bridgehead atoms. The Kier molecular flexibility index (Phi) is 3.97. The second-order valence-corrected chi connectivity index (χ2v) is 6.13. The third kappa shape index (κ3) is 3.29. The van der Waals surface area contributed by atoms with Crippen molar-refractivity contribution in [1.82, 2.24) is 20.1 Å². The monoisotopic (exact) mass is 340 g/mol. The van der Waals surface area contributed by atoms with Crippen molar-refractivity contribution in [1.29, 1.82) is 0 Å². The van der Waals surface area contributed by atoms with Crippen LogP contribution in [0.3, 0.4) is 0 Å². The highest BCUT2D eigenvalue weighted by atomic mass is 32.2. The molecule has 0 aliphatic heterocycles. The fourth-order valence-electron chi connectivity index (χ4n) is 1.96. The third-order valence-corrected chi connectivity index (χ3v) is 4.12. The van der Waals surface area contributed by atoms with E-state index in [4.69, 9.17) is 4.52 Å². The van der Waals surface area contributed by atoms with Crippen LogP contribution >= 0.6 is 11.8 Å². The number of nitrogens with zero attached hydrogens (tertiary/aromatic N) is 4. The molecule has 2 aromatic heterocycles. The molecule has 3 rings (SSSR count). The Balaban J connectivity index is 2.04. The van der Waals surface area contributed by atoms with E-state index in [2.05, 4.69) is 20.1 Å². The highest BCUT2D eigenvalue weighted by molar-refractivity contribution is 7.99. The molecule has 5 nitrogen and oxygen atoms in total. The Morgan fingerprint density at radius 1 is 1.13 bits per heavy atom. The van der Waals surface area contributed by atoms with Gasteiger partial charge in [0.05, 0.1) is 10.8 Å². The quantitative estimate of drug-likeness (QED) is 0.526. The van der Waals surface area contributed by atoms with Crippen molar-refractivity contribution in [2.45, 2.75) is 30.3 Å². The normalized spacial score (nSPS) is 13.4. The van der Waals surface area contributed by atoms with E-state index in [1.54, 1.807) is 32.0 Å². The lowest BCUT2D eigenvalue weighted by molar-refractivity contribution is -0.145. The molecule has 0 N–H and O–H groups in total. The lowest BCUT2D eigenvalue weighted by atomic mass is 10.2. The first-order chi connectivity index (χ1) is 10.8. The van der Waals surface area contributed by atoms with Crippen molar-refractivity contribution >= 4 is 22.7 Å². The van der Waals surface area contributed by atoms with Gasteiger partial charge in [0.1, 0.15) is 5.03 Å². The Morgan fingerprint density at radius 3 is 2.52 bits per heavy atom. The van der Waals surface area contributed by atoms with Crippen molar-refractivity contribution in [3.63, 3.8) is 0 Å². The van der Waals surface area contributed by atoms with Gasteiger partial charge in [-0.25, -0.2) is 9.97 Å². The van der Waals surface area contributed by atoms with Crippen LogP contribution in [-0.4, -0.2) is 20.1 Å². The van der Waals surface area contributed by atoms with Crippen LogP contribution in [0.1, 0.15) is 29.7 Å². The molecule has 2 heterocycles. The molecule has 0 saturated carbocycles. The molecule has 23 heavy (non-hydrogen) atoms. The molecule has 0 aliphatic rings. The second-order valence-electron chi connectivity index (χ2n) is 4.80. The highest BCUT2D eigenvalue weighted by Crippen LogP contribution is 2.37. The zero-order chi connectivity index (χ0) is 16.6. The summed E-state index contributed by atoms with van der Waals surface area (Å²) in [6.45, 7) is 3.43. The van der Waals surface area contributed by atoms with Gasteiger partial charge in [-0.15, -0.1) is 0 Å². The highest BCUT2D eigenvalue weighted by Gasteiger charge is 2.35. The number of hydrogen-bond donors (Lipinski definition) is 0. The number of benzene rings is 1. The minimum absolute atomic E-state index is 0.234.